The van der Waals surface area contributed by atoms with Crippen LogP contribution in [0.15, 0.2) is 54.7 Å². The molecule has 5 heteroatoms. The van der Waals surface area contributed by atoms with Crippen molar-refractivity contribution in [2.45, 2.75) is 13.8 Å². The predicted molar refractivity (Wildman–Crippen MR) is 98.0 cm³/mol. The summed E-state index contributed by atoms with van der Waals surface area (Å²) in [4.78, 5) is 17.3. The number of benzene rings is 2. The topological polar surface area (TPSA) is 60.9 Å². The molecule has 0 radical (unpaired) electrons. The van der Waals surface area contributed by atoms with Crippen molar-refractivity contribution in [1.82, 2.24) is 9.66 Å². The summed E-state index contributed by atoms with van der Waals surface area (Å²) in [5.41, 5.74) is 4.63. The van der Waals surface area contributed by atoms with E-state index in [0.29, 0.717) is 16.8 Å². The van der Waals surface area contributed by atoms with Crippen LogP contribution in [0.4, 0.5) is 0 Å². The molecule has 120 valence electrons. The zero-order chi connectivity index (χ0) is 17.3. The molecule has 0 saturated carbocycles. The van der Waals surface area contributed by atoms with Crippen LogP contribution in [0.3, 0.4) is 0 Å². The molecule has 0 aliphatic rings. The Hall–Kier alpha value is -2.79. The molecule has 2 aromatic carbocycles. The Labute approximate surface area is 145 Å². The average molecular weight is 335 g/mol. The second-order valence-corrected chi connectivity index (χ2v) is 6.12. The lowest BCUT2D eigenvalue weighted by Gasteiger charge is -2.11. The lowest BCUT2D eigenvalue weighted by molar-refractivity contribution is 0.103. The van der Waals surface area contributed by atoms with Crippen molar-refractivity contribution < 1.29 is 4.79 Å². The predicted octanol–water partition coefficient (Wildman–Crippen LogP) is 3.84. The van der Waals surface area contributed by atoms with Gasteiger partial charge in [-0.3, -0.25) is 4.79 Å². The van der Waals surface area contributed by atoms with Crippen molar-refractivity contribution in [3.8, 4) is 11.3 Å². The highest BCUT2D eigenvalue weighted by Crippen LogP contribution is 2.24. The molecular weight excluding hydrogens is 318 g/mol. The number of aromatic nitrogens is 2. The first-order chi connectivity index (χ1) is 11.5. The van der Waals surface area contributed by atoms with Crippen LogP contribution in [0, 0.1) is 18.6 Å². The number of carbonyl (C=O) groups excluding carboxylic acids is 1. The van der Waals surface area contributed by atoms with Gasteiger partial charge in [0.2, 0.25) is 4.77 Å². The van der Waals surface area contributed by atoms with Crippen LogP contribution in [-0.4, -0.2) is 15.4 Å². The van der Waals surface area contributed by atoms with E-state index in [1.54, 1.807) is 18.3 Å². The van der Waals surface area contributed by atoms with Gasteiger partial charge in [0.15, 0.2) is 5.78 Å². The Morgan fingerprint density at radius 2 is 1.54 bits per heavy atom. The van der Waals surface area contributed by atoms with Gasteiger partial charge in [-0.05, 0) is 26.1 Å². The summed E-state index contributed by atoms with van der Waals surface area (Å²) in [5.74, 6) is 5.70. The highest BCUT2D eigenvalue weighted by atomic mass is 32.1. The van der Waals surface area contributed by atoms with Crippen molar-refractivity contribution in [2.24, 2.45) is 0 Å². The van der Waals surface area contributed by atoms with Gasteiger partial charge >= 0.3 is 0 Å². The second-order valence-electron chi connectivity index (χ2n) is 5.75. The zero-order valence-electron chi connectivity index (χ0n) is 13.5. The standard InChI is InChI=1S/C19H17N3OS/c1-12-3-7-14(8-4-12)17-16(11-22(20)19(24)21-17)18(23)15-9-5-13(2)6-10-15/h3-11H,20H2,1-2H3. The molecule has 0 unspecified atom stereocenters. The molecule has 0 amide bonds. The molecule has 24 heavy (non-hydrogen) atoms. The maximum atomic E-state index is 12.9. The van der Waals surface area contributed by atoms with Gasteiger partial charge < -0.3 is 5.84 Å². The van der Waals surface area contributed by atoms with Crippen LogP contribution in [0.1, 0.15) is 27.0 Å². The molecule has 1 aromatic heterocycles. The normalized spacial score (nSPS) is 10.6. The van der Waals surface area contributed by atoms with Crippen LogP contribution in [0.5, 0.6) is 0 Å². The smallest absolute Gasteiger partial charge is 0.218 e. The molecule has 3 aromatic rings. The van der Waals surface area contributed by atoms with E-state index in [4.69, 9.17) is 18.1 Å². The number of rotatable bonds is 3. The number of carbonyl (C=O) groups is 1. The molecule has 3 rings (SSSR count). The third kappa shape index (κ3) is 3.12. The van der Waals surface area contributed by atoms with E-state index in [9.17, 15) is 4.79 Å². The summed E-state index contributed by atoms with van der Waals surface area (Å²) in [6.45, 7) is 3.99. The van der Waals surface area contributed by atoms with Gasteiger partial charge in [0.1, 0.15) is 0 Å². The van der Waals surface area contributed by atoms with E-state index in [2.05, 4.69) is 4.98 Å². The van der Waals surface area contributed by atoms with Crippen molar-refractivity contribution in [3.63, 3.8) is 0 Å². The Bertz CT molecular complexity index is 957. The SMILES string of the molecule is Cc1ccc(C(=O)c2cn(N)c(=S)nc2-c2ccc(C)cc2)cc1. The maximum absolute atomic E-state index is 12.9. The summed E-state index contributed by atoms with van der Waals surface area (Å²) in [6, 6.07) is 15.2. The molecule has 0 aliphatic carbocycles. The van der Waals surface area contributed by atoms with Gasteiger partial charge in [-0.25, -0.2) is 9.66 Å². The number of aryl methyl sites for hydroxylation is 2. The molecular formula is C19H17N3OS. The molecule has 0 fully saturated rings. The highest BCUT2D eigenvalue weighted by molar-refractivity contribution is 7.71. The van der Waals surface area contributed by atoms with E-state index >= 15 is 0 Å². The molecule has 0 aliphatic heterocycles. The fourth-order valence-electron chi connectivity index (χ4n) is 2.43. The number of ketones is 1. The third-order valence-electron chi connectivity index (χ3n) is 3.84. The first-order valence-electron chi connectivity index (χ1n) is 7.53. The Morgan fingerprint density at radius 1 is 1.00 bits per heavy atom. The van der Waals surface area contributed by atoms with Crippen molar-refractivity contribution in [2.75, 3.05) is 5.84 Å². The molecule has 0 atom stereocenters. The minimum Gasteiger partial charge on any atom is -0.337 e. The largest absolute Gasteiger partial charge is 0.337 e. The van der Waals surface area contributed by atoms with E-state index < -0.39 is 0 Å². The third-order valence-corrected chi connectivity index (χ3v) is 4.14. The Morgan fingerprint density at radius 3 is 2.12 bits per heavy atom. The van der Waals surface area contributed by atoms with Gasteiger partial charge in [-0.1, -0.05) is 59.7 Å². The summed E-state index contributed by atoms with van der Waals surface area (Å²) in [5, 5.41) is 0. The fourth-order valence-corrected chi connectivity index (χ4v) is 2.57. The summed E-state index contributed by atoms with van der Waals surface area (Å²) >= 11 is 5.16. The van der Waals surface area contributed by atoms with E-state index in [-0.39, 0.29) is 10.6 Å². The number of hydrogen-bond donors (Lipinski definition) is 1. The van der Waals surface area contributed by atoms with Crippen molar-refractivity contribution in [1.29, 1.82) is 0 Å². The minimum absolute atomic E-state index is 0.132. The van der Waals surface area contributed by atoms with Gasteiger partial charge in [0, 0.05) is 17.3 Å². The lowest BCUT2D eigenvalue weighted by Crippen LogP contribution is -2.16. The van der Waals surface area contributed by atoms with E-state index in [0.717, 1.165) is 16.7 Å². The number of nitrogens with two attached hydrogens (primary N) is 1. The summed E-state index contributed by atoms with van der Waals surface area (Å²) < 4.78 is 1.43. The van der Waals surface area contributed by atoms with Gasteiger partial charge in [-0.2, -0.15) is 0 Å². The van der Waals surface area contributed by atoms with Crippen LogP contribution >= 0.6 is 12.2 Å². The first kappa shape index (κ1) is 16.1. The van der Waals surface area contributed by atoms with Crippen LogP contribution in [0.25, 0.3) is 11.3 Å². The quantitative estimate of drug-likeness (QED) is 0.449. The van der Waals surface area contributed by atoms with Gasteiger partial charge in [0.05, 0.1) is 11.3 Å². The number of hydrogen-bond acceptors (Lipinski definition) is 4. The zero-order valence-corrected chi connectivity index (χ0v) is 14.3. The minimum atomic E-state index is -0.132. The first-order valence-corrected chi connectivity index (χ1v) is 7.94. The van der Waals surface area contributed by atoms with Gasteiger partial charge in [0.25, 0.3) is 0 Å². The fraction of sp³-hybridized carbons (Fsp3) is 0.105. The van der Waals surface area contributed by atoms with E-state index in [1.165, 1.54) is 4.68 Å². The average Bonchev–Trinajstić information content (AvgIpc) is 2.58. The molecule has 2 N–H and O–H groups in total. The molecule has 0 bridgehead atoms. The van der Waals surface area contributed by atoms with E-state index in [1.807, 2.05) is 50.2 Å². The number of nitrogens with zero attached hydrogens (tertiary/aromatic N) is 2. The Kier molecular flexibility index (Phi) is 4.27. The molecule has 1 heterocycles. The summed E-state index contributed by atoms with van der Waals surface area (Å²) in [7, 11) is 0. The van der Waals surface area contributed by atoms with Crippen molar-refractivity contribution in [3.05, 3.63) is 81.8 Å². The number of nitrogen functional groups attached to an aromatic ring is 1. The molecule has 0 saturated heterocycles. The maximum Gasteiger partial charge on any atom is 0.218 e. The monoisotopic (exact) mass is 335 g/mol. The van der Waals surface area contributed by atoms with Gasteiger partial charge in [-0.15, -0.1) is 0 Å². The Balaban J connectivity index is 2.17. The summed E-state index contributed by atoms with van der Waals surface area (Å²) in [6.07, 6.45) is 1.55. The van der Waals surface area contributed by atoms with Crippen LogP contribution in [-0.2, 0) is 0 Å². The molecule has 0 spiro atoms. The highest BCUT2D eigenvalue weighted by Gasteiger charge is 2.17. The second kappa shape index (κ2) is 6.37. The van der Waals surface area contributed by atoms with Crippen LogP contribution < -0.4 is 5.84 Å². The lowest BCUT2D eigenvalue weighted by atomic mass is 9.98. The van der Waals surface area contributed by atoms with Crippen molar-refractivity contribution >= 4 is 18.0 Å². The molecule has 4 nitrogen and oxygen atoms in total. The van der Waals surface area contributed by atoms with Crippen LogP contribution in [0.2, 0.25) is 0 Å².